The molecule has 2 aliphatic heterocycles. The van der Waals surface area contributed by atoms with E-state index in [1.807, 2.05) is 49.1 Å². The summed E-state index contributed by atoms with van der Waals surface area (Å²) in [6, 6.07) is 18.1. The summed E-state index contributed by atoms with van der Waals surface area (Å²) in [7, 11) is 0. The van der Waals surface area contributed by atoms with Gasteiger partial charge >= 0.3 is 0 Å². The van der Waals surface area contributed by atoms with E-state index in [0.717, 1.165) is 48.5 Å². The largest absolute Gasteiger partial charge is 0.488 e. The fraction of sp³-hybridized carbons (Fsp3) is 0.357. The number of hydrogen-bond donors (Lipinski definition) is 2. The van der Waals surface area contributed by atoms with Crippen LogP contribution in [0.4, 0.5) is 0 Å². The Morgan fingerprint density at radius 2 is 2.06 bits per heavy atom. The fourth-order valence-corrected chi connectivity index (χ4v) is 5.47. The fourth-order valence-electron chi connectivity index (χ4n) is 4.45. The van der Waals surface area contributed by atoms with Crippen LogP contribution in [0.3, 0.4) is 0 Å². The number of nitrogens with zero attached hydrogens (tertiary/aromatic N) is 1. The Hall–Kier alpha value is -3.16. The second-order valence-electron chi connectivity index (χ2n) is 9.38. The minimum absolute atomic E-state index is 0.105. The highest BCUT2D eigenvalue weighted by molar-refractivity contribution is 7.15. The Bertz CT molecular complexity index is 1230. The molecule has 1 atom stereocenters. The first-order valence-electron chi connectivity index (χ1n) is 12.2. The number of hydrogen-bond acceptors (Lipinski definition) is 5. The smallest absolute Gasteiger partial charge is 0.252 e. The van der Waals surface area contributed by atoms with Crippen LogP contribution in [0.1, 0.15) is 52.2 Å². The zero-order valence-corrected chi connectivity index (χ0v) is 21.0. The number of carbonyl (C=O) groups excluding carboxylic acids is 2. The topological polar surface area (TPSA) is 70.7 Å². The molecule has 35 heavy (non-hydrogen) atoms. The molecule has 0 aliphatic carbocycles. The average Bonchev–Trinajstić information content (AvgIpc) is 3.46. The van der Waals surface area contributed by atoms with Crippen LogP contribution in [-0.4, -0.2) is 42.5 Å². The van der Waals surface area contributed by atoms with Crippen LogP contribution in [0.15, 0.2) is 54.6 Å². The number of rotatable bonds is 8. The van der Waals surface area contributed by atoms with Gasteiger partial charge in [0.15, 0.2) is 0 Å². The van der Waals surface area contributed by atoms with Crippen LogP contribution in [0.5, 0.6) is 5.75 Å². The lowest BCUT2D eigenvalue weighted by Gasteiger charge is -2.28. The van der Waals surface area contributed by atoms with Gasteiger partial charge in [-0.2, -0.15) is 0 Å². The van der Waals surface area contributed by atoms with Crippen LogP contribution in [-0.2, 0) is 11.3 Å². The van der Waals surface area contributed by atoms with Gasteiger partial charge in [-0.05, 0) is 67.3 Å². The minimum atomic E-state index is -0.149. The van der Waals surface area contributed by atoms with Crippen molar-refractivity contribution in [2.24, 2.45) is 0 Å². The van der Waals surface area contributed by atoms with E-state index >= 15 is 0 Å². The van der Waals surface area contributed by atoms with Gasteiger partial charge in [-0.3, -0.25) is 9.59 Å². The van der Waals surface area contributed by atoms with E-state index in [1.165, 1.54) is 9.75 Å². The molecular weight excluding hydrogens is 458 g/mol. The van der Waals surface area contributed by atoms with Crippen molar-refractivity contribution in [1.29, 1.82) is 0 Å². The molecule has 2 aliphatic rings. The summed E-state index contributed by atoms with van der Waals surface area (Å²) in [4.78, 5) is 29.4. The highest BCUT2D eigenvalue weighted by Crippen LogP contribution is 2.31. The average molecular weight is 490 g/mol. The first-order chi connectivity index (χ1) is 17.0. The Kier molecular flexibility index (Phi) is 6.88. The maximum absolute atomic E-state index is 13.1. The quantitative estimate of drug-likeness (QED) is 0.482. The van der Waals surface area contributed by atoms with Gasteiger partial charge in [-0.1, -0.05) is 24.3 Å². The van der Waals surface area contributed by atoms with Crippen molar-refractivity contribution in [3.63, 3.8) is 0 Å². The lowest BCUT2D eigenvalue weighted by atomic mass is 10.0. The maximum atomic E-state index is 13.1. The number of likely N-dealkylation sites (tertiary alicyclic amines) is 1. The molecule has 2 fully saturated rings. The van der Waals surface area contributed by atoms with Gasteiger partial charge in [0.05, 0.1) is 12.6 Å². The molecule has 0 radical (unpaired) electrons. The lowest BCUT2D eigenvalue weighted by Crippen LogP contribution is -2.50. The van der Waals surface area contributed by atoms with Crippen molar-refractivity contribution < 1.29 is 14.3 Å². The van der Waals surface area contributed by atoms with Gasteiger partial charge in [0.2, 0.25) is 5.91 Å². The highest BCUT2D eigenvalue weighted by atomic mass is 32.1. The van der Waals surface area contributed by atoms with E-state index in [4.69, 9.17) is 4.74 Å². The number of nitrogens with one attached hydrogen (secondary N) is 2. The third-order valence-electron chi connectivity index (χ3n) is 6.70. The molecule has 0 saturated carbocycles. The molecule has 1 aromatic heterocycles. The van der Waals surface area contributed by atoms with Gasteiger partial charge in [-0.25, -0.2) is 0 Å². The van der Waals surface area contributed by atoms with Crippen LogP contribution >= 0.6 is 11.3 Å². The van der Waals surface area contributed by atoms with Crippen molar-refractivity contribution in [2.75, 3.05) is 19.6 Å². The summed E-state index contributed by atoms with van der Waals surface area (Å²) in [5.41, 5.74) is 3.72. The standard InChI is InChI=1S/C28H31N3O3S/c1-18-8-9-22(34-23-15-29-16-23)14-25(18)28(33)30-19(2)20-5-3-6-21(13-20)26-11-10-24(35-26)17-31-12-4-7-27(31)32/h3,5-6,8-11,13-14,19,23,29H,4,7,12,15-17H2,1-2H3,(H,30,33). The number of benzene rings is 2. The molecule has 0 spiro atoms. The van der Waals surface area contributed by atoms with Crippen LogP contribution in [0, 0.1) is 6.92 Å². The summed E-state index contributed by atoms with van der Waals surface area (Å²) >= 11 is 1.72. The molecule has 5 rings (SSSR count). The summed E-state index contributed by atoms with van der Waals surface area (Å²) in [5, 5.41) is 6.34. The normalized spacial score (nSPS) is 16.7. The number of thiophene rings is 1. The van der Waals surface area contributed by atoms with Gasteiger partial charge in [0.1, 0.15) is 11.9 Å². The molecule has 1 unspecified atom stereocenters. The van der Waals surface area contributed by atoms with Crippen molar-refractivity contribution in [1.82, 2.24) is 15.5 Å². The third kappa shape index (κ3) is 5.41. The Balaban J connectivity index is 1.26. The number of amides is 2. The van der Waals surface area contributed by atoms with Crippen molar-refractivity contribution in [2.45, 2.75) is 45.4 Å². The van der Waals surface area contributed by atoms with Crippen LogP contribution in [0.25, 0.3) is 10.4 Å². The molecule has 7 heteroatoms. The molecule has 0 bridgehead atoms. The second-order valence-corrected chi connectivity index (χ2v) is 10.5. The lowest BCUT2D eigenvalue weighted by molar-refractivity contribution is -0.128. The number of ether oxygens (including phenoxy) is 1. The van der Waals surface area contributed by atoms with E-state index in [9.17, 15) is 9.59 Å². The summed E-state index contributed by atoms with van der Waals surface area (Å²) in [5.74, 6) is 0.871. The molecular formula is C28H31N3O3S. The predicted molar refractivity (Wildman–Crippen MR) is 139 cm³/mol. The van der Waals surface area contributed by atoms with Gasteiger partial charge in [-0.15, -0.1) is 11.3 Å². The minimum Gasteiger partial charge on any atom is -0.488 e. The van der Waals surface area contributed by atoms with E-state index in [1.54, 1.807) is 11.3 Å². The van der Waals surface area contributed by atoms with E-state index in [2.05, 4.69) is 34.9 Å². The highest BCUT2D eigenvalue weighted by Gasteiger charge is 2.22. The second kappa shape index (κ2) is 10.2. The number of aryl methyl sites for hydroxylation is 1. The maximum Gasteiger partial charge on any atom is 0.252 e. The first-order valence-corrected chi connectivity index (χ1v) is 13.0. The van der Waals surface area contributed by atoms with Gasteiger partial charge in [0.25, 0.3) is 5.91 Å². The Morgan fingerprint density at radius 1 is 1.20 bits per heavy atom. The van der Waals surface area contributed by atoms with Crippen molar-refractivity contribution >= 4 is 23.2 Å². The van der Waals surface area contributed by atoms with Crippen molar-refractivity contribution in [3.8, 4) is 16.2 Å². The molecule has 6 nitrogen and oxygen atoms in total. The molecule has 2 saturated heterocycles. The molecule has 182 valence electrons. The molecule has 2 N–H and O–H groups in total. The SMILES string of the molecule is Cc1ccc(OC2CNC2)cc1C(=O)NC(C)c1cccc(-c2ccc(CN3CCCC3=O)s2)c1. The molecule has 2 aromatic carbocycles. The van der Waals surface area contributed by atoms with Crippen LogP contribution in [0.2, 0.25) is 0 Å². The molecule has 2 amide bonds. The first kappa shape index (κ1) is 23.6. The van der Waals surface area contributed by atoms with E-state index in [-0.39, 0.29) is 24.0 Å². The Labute approximate surface area is 210 Å². The number of carbonyl (C=O) groups is 2. The zero-order valence-electron chi connectivity index (χ0n) is 20.2. The van der Waals surface area contributed by atoms with Gasteiger partial charge < -0.3 is 20.3 Å². The van der Waals surface area contributed by atoms with Crippen molar-refractivity contribution in [3.05, 3.63) is 76.2 Å². The van der Waals surface area contributed by atoms with Gasteiger partial charge in [0, 0.05) is 41.4 Å². The summed E-state index contributed by atoms with van der Waals surface area (Å²) < 4.78 is 5.94. The monoisotopic (exact) mass is 489 g/mol. The third-order valence-corrected chi connectivity index (χ3v) is 7.82. The predicted octanol–water partition coefficient (Wildman–Crippen LogP) is 4.69. The van der Waals surface area contributed by atoms with E-state index in [0.29, 0.717) is 18.5 Å². The molecule has 3 heterocycles. The van der Waals surface area contributed by atoms with Crippen LogP contribution < -0.4 is 15.4 Å². The summed E-state index contributed by atoms with van der Waals surface area (Å²) in [6.45, 7) is 7.17. The Morgan fingerprint density at radius 3 is 2.80 bits per heavy atom. The molecule has 3 aromatic rings. The van der Waals surface area contributed by atoms with E-state index < -0.39 is 0 Å². The zero-order chi connectivity index (χ0) is 24.4. The summed E-state index contributed by atoms with van der Waals surface area (Å²) in [6.07, 6.45) is 1.79.